The maximum Gasteiger partial charge on any atom is 0.297 e. The monoisotopic (exact) mass is 267 g/mol. The van der Waals surface area contributed by atoms with Crippen LogP contribution in [0, 0.1) is 0 Å². The highest BCUT2D eigenvalue weighted by molar-refractivity contribution is 5.28. The van der Waals surface area contributed by atoms with Crippen molar-refractivity contribution in [1.82, 2.24) is 10.3 Å². The van der Waals surface area contributed by atoms with Gasteiger partial charge in [-0.3, -0.25) is 0 Å². The highest BCUT2D eigenvalue weighted by atomic mass is 16.5. The molecule has 2 rings (SSSR count). The normalized spacial score (nSPS) is 19.9. The van der Waals surface area contributed by atoms with Gasteiger partial charge in [-0.2, -0.15) is 4.98 Å². The number of nitrogens with zero attached hydrogens (tertiary/aromatic N) is 2. The zero-order chi connectivity index (χ0) is 13.5. The molecule has 1 atom stereocenters. The molecule has 1 fully saturated rings. The molecule has 2 heterocycles. The Balaban J connectivity index is 1.86. The quantitative estimate of drug-likeness (QED) is 0.767. The lowest BCUT2D eigenvalue weighted by atomic mass is 10.1. The van der Waals surface area contributed by atoms with Crippen LogP contribution in [-0.2, 0) is 11.3 Å². The van der Waals surface area contributed by atoms with Crippen molar-refractivity contribution in [2.24, 2.45) is 0 Å². The molecule has 0 saturated carbocycles. The van der Waals surface area contributed by atoms with E-state index in [4.69, 9.17) is 9.15 Å². The fourth-order valence-electron chi connectivity index (χ4n) is 2.40. The van der Waals surface area contributed by atoms with Crippen LogP contribution < -0.4 is 10.2 Å². The molecule has 1 N–H and O–H groups in total. The van der Waals surface area contributed by atoms with Crippen molar-refractivity contribution >= 4 is 6.01 Å². The summed E-state index contributed by atoms with van der Waals surface area (Å²) in [5.74, 6) is 0. The molecule has 0 aliphatic carbocycles. The van der Waals surface area contributed by atoms with E-state index in [1.807, 2.05) is 6.92 Å². The van der Waals surface area contributed by atoms with Crippen LogP contribution in [0.3, 0.4) is 0 Å². The summed E-state index contributed by atoms with van der Waals surface area (Å²) in [4.78, 5) is 6.73. The minimum absolute atomic E-state index is 0.312. The van der Waals surface area contributed by atoms with E-state index in [0.29, 0.717) is 6.10 Å². The summed E-state index contributed by atoms with van der Waals surface area (Å²) in [5.41, 5.74) is 0.974. The van der Waals surface area contributed by atoms with Gasteiger partial charge < -0.3 is 19.4 Å². The van der Waals surface area contributed by atoms with E-state index >= 15 is 0 Å². The van der Waals surface area contributed by atoms with Gasteiger partial charge in [0.15, 0.2) is 0 Å². The van der Waals surface area contributed by atoms with Crippen LogP contribution in [0.15, 0.2) is 10.7 Å². The number of anilines is 1. The third kappa shape index (κ3) is 4.21. The van der Waals surface area contributed by atoms with E-state index in [9.17, 15) is 0 Å². The Kier molecular flexibility index (Phi) is 5.66. The topological polar surface area (TPSA) is 50.5 Å². The third-order valence-electron chi connectivity index (χ3n) is 3.32. The number of piperidine rings is 1. The molecule has 0 spiro atoms. The van der Waals surface area contributed by atoms with Crippen molar-refractivity contribution in [2.45, 2.75) is 45.8 Å². The largest absolute Gasteiger partial charge is 0.432 e. The highest BCUT2D eigenvalue weighted by Crippen LogP contribution is 2.20. The lowest BCUT2D eigenvalue weighted by Crippen LogP contribution is -2.39. The Bertz CT molecular complexity index is 365. The summed E-state index contributed by atoms with van der Waals surface area (Å²) in [7, 11) is 0. The van der Waals surface area contributed by atoms with Crippen LogP contribution in [0.5, 0.6) is 0 Å². The van der Waals surface area contributed by atoms with Gasteiger partial charge in [0.05, 0.1) is 11.8 Å². The Morgan fingerprint density at radius 2 is 2.42 bits per heavy atom. The van der Waals surface area contributed by atoms with E-state index in [2.05, 4.69) is 22.1 Å². The molecule has 0 radical (unpaired) electrons. The van der Waals surface area contributed by atoms with Crippen molar-refractivity contribution in [3.63, 3.8) is 0 Å². The van der Waals surface area contributed by atoms with Gasteiger partial charge in [0, 0.05) is 26.2 Å². The summed E-state index contributed by atoms with van der Waals surface area (Å²) >= 11 is 0. The maximum atomic E-state index is 5.70. The molecule has 5 heteroatoms. The Morgan fingerprint density at radius 1 is 1.53 bits per heavy atom. The molecule has 0 bridgehead atoms. The average Bonchev–Trinajstić information content (AvgIpc) is 2.89. The van der Waals surface area contributed by atoms with Crippen LogP contribution in [-0.4, -0.2) is 37.3 Å². The number of aromatic nitrogens is 1. The van der Waals surface area contributed by atoms with E-state index in [1.165, 1.54) is 0 Å². The number of hydrogen-bond acceptors (Lipinski definition) is 5. The first-order valence-corrected chi connectivity index (χ1v) is 7.35. The predicted molar refractivity (Wildman–Crippen MR) is 75.4 cm³/mol. The summed E-state index contributed by atoms with van der Waals surface area (Å²) < 4.78 is 11.3. The van der Waals surface area contributed by atoms with Crippen molar-refractivity contribution in [3.05, 3.63) is 12.0 Å². The van der Waals surface area contributed by atoms with Crippen molar-refractivity contribution in [3.8, 4) is 0 Å². The molecule has 19 heavy (non-hydrogen) atoms. The summed E-state index contributed by atoms with van der Waals surface area (Å²) in [6.45, 7) is 8.65. The van der Waals surface area contributed by atoms with Gasteiger partial charge >= 0.3 is 0 Å². The van der Waals surface area contributed by atoms with Gasteiger partial charge in [-0.25, -0.2) is 0 Å². The molecular formula is C14H25N3O2. The SMILES string of the molecule is CCCNCc1coc(N2CCCC(OCC)C2)n1. The zero-order valence-corrected chi connectivity index (χ0v) is 12.0. The van der Waals surface area contributed by atoms with Gasteiger partial charge in [-0.15, -0.1) is 0 Å². The van der Waals surface area contributed by atoms with Crippen LogP contribution in [0.1, 0.15) is 38.8 Å². The number of hydrogen-bond donors (Lipinski definition) is 1. The van der Waals surface area contributed by atoms with Gasteiger partial charge in [0.25, 0.3) is 6.01 Å². The van der Waals surface area contributed by atoms with E-state index < -0.39 is 0 Å². The van der Waals surface area contributed by atoms with Gasteiger partial charge in [0.2, 0.25) is 0 Å². The number of ether oxygens (including phenoxy) is 1. The molecule has 1 unspecified atom stereocenters. The molecule has 1 aromatic rings. The second-order valence-corrected chi connectivity index (χ2v) is 4.96. The number of rotatable bonds is 7. The minimum atomic E-state index is 0.312. The van der Waals surface area contributed by atoms with E-state index in [-0.39, 0.29) is 0 Å². The Morgan fingerprint density at radius 3 is 3.21 bits per heavy atom. The number of oxazole rings is 1. The van der Waals surface area contributed by atoms with Crippen LogP contribution in [0.2, 0.25) is 0 Å². The zero-order valence-electron chi connectivity index (χ0n) is 12.0. The van der Waals surface area contributed by atoms with Crippen LogP contribution in [0.4, 0.5) is 6.01 Å². The van der Waals surface area contributed by atoms with E-state index in [0.717, 1.165) is 63.8 Å². The maximum absolute atomic E-state index is 5.70. The fraction of sp³-hybridized carbons (Fsp3) is 0.786. The molecule has 1 saturated heterocycles. The average molecular weight is 267 g/mol. The minimum Gasteiger partial charge on any atom is -0.432 e. The first kappa shape index (κ1) is 14.3. The molecule has 0 aromatic carbocycles. The standard InChI is InChI=1S/C14H25N3O2/c1-3-7-15-9-12-11-19-14(16-12)17-8-5-6-13(10-17)18-4-2/h11,13,15H,3-10H2,1-2H3. The van der Waals surface area contributed by atoms with E-state index in [1.54, 1.807) is 6.26 Å². The summed E-state index contributed by atoms with van der Waals surface area (Å²) in [5, 5.41) is 3.33. The molecular weight excluding hydrogens is 242 g/mol. The Hall–Kier alpha value is -1.07. The molecule has 108 valence electrons. The van der Waals surface area contributed by atoms with Gasteiger partial charge in [0.1, 0.15) is 6.26 Å². The van der Waals surface area contributed by atoms with Crippen molar-refractivity contribution < 1.29 is 9.15 Å². The molecule has 1 aromatic heterocycles. The second-order valence-electron chi connectivity index (χ2n) is 4.96. The van der Waals surface area contributed by atoms with Crippen LogP contribution in [0.25, 0.3) is 0 Å². The first-order valence-electron chi connectivity index (χ1n) is 7.35. The van der Waals surface area contributed by atoms with Gasteiger partial charge in [-0.1, -0.05) is 6.92 Å². The fourth-order valence-corrected chi connectivity index (χ4v) is 2.40. The lowest BCUT2D eigenvalue weighted by Gasteiger charge is -2.31. The highest BCUT2D eigenvalue weighted by Gasteiger charge is 2.23. The van der Waals surface area contributed by atoms with Crippen molar-refractivity contribution in [2.75, 3.05) is 31.1 Å². The molecule has 0 amide bonds. The smallest absolute Gasteiger partial charge is 0.297 e. The predicted octanol–water partition coefficient (Wildman–Crippen LogP) is 2.18. The second kappa shape index (κ2) is 7.50. The molecule has 1 aliphatic heterocycles. The summed E-state index contributed by atoms with van der Waals surface area (Å²) in [6, 6.07) is 0.734. The first-order chi connectivity index (χ1) is 9.33. The molecule has 1 aliphatic rings. The molecule has 5 nitrogen and oxygen atoms in total. The third-order valence-corrected chi connectivity index (χ3v) is 3.32. The van der Waals surface area contributed by atoms with Crippen LogP contribution >= 0.6 is 0 Å². The summed E-state index contributed by atoms with van der Waals surface area (Å²) in [6.07, 6.45) is 5.47. The van der Waals surface area contributed by atoms with Crippen molar-refractivity contribution in [1.29, 1.82) is 0 Å². The number of nitrogens with one attached hydrogen (secondary N) is 1. The Labute approximate surface area is 115 Å². The van der Waals surface area contributed by atoms with Gasteiger partial charge in [-0.05, 0) is 32.7 Å². The lowest BCUT2D eigenvalue weighted by molar-refractivity contribution is 0.0516.